The van der Waals surface area contributed by atoms with Crippen LogP contribution >= 0.6 is 24.0 Å². The Morgan fingerprint density at radius 3 is 2.94 bits per heavy atom. The highest BCUT2D eigenvalue weighted by molar-refractivity contribution is 8.26. The average Bonchev–Trinajstić information content (AvgIpc) is 3.10. The highest BCUT2D eigenvalue weighted by atomic mass is 32.2. The molecule has 0 aromatic carbocycles. The molecule has 1 aliphatic carbocycles. The maximum Gasteiger partial charge on any atom is 0.266 e. The summed E-state index contributed by atoms with van der Waals surface area (Å²) in [6, 6.07) is 5.98. The number of carbonyl (C=O) groups is 1. The van der Waals surface area contributed by atoms with Crippen LogP contribution in [-0.4, -0.2) is 26.2 Å². The second-order valence-electron chi connectivity index (χ2n) is 4.04. The molecule has 2 fully saturated rings. The normalized spacial score (nSPS) is 22.6. The molecule has 5 heteroatoms. The highest BCUT2D eigenvalue weighted by Crippen LogP contribution is 2.39. The third-order valence-corrected chi connectivity index (χ3v) is 4.03. The van der Waals surface area contributed by atoms with Gasteiger partial charge in [-0.15, -0.1) is 0 Å². The summed E-state index contributed by atoms with van der Waals surface area (Å²) in [7, 11) is 0. The molecule has 1 aromatic rings. The molecule has 0 bridgehead atoms. The molecule has 2 heterocycles. The zero-order valence-corrected chi connectivity index (χ0v) is 10.6. The first kappa shape index (κ1) is 10.9. The fourth-order valence-corrected chi connectivity index (χ4v) is 3.11. The molecule has 1 saturated heterocycles. The van der Waals surface area contributed by atoms with Gasteiger partial charge in [-0.1, -0.05) is 30.0 Å². The van der Waals surface area contributed by atoms with Crippen molar-refractivity contribution in [3.05, 3.63) is 35.0 Å². The first-order valence-electron chi connectivity index (χ1n) is 5.44. The summed E-state index contributed by atoms with van der Waals surface area (Å²) in [5, 5.41) is 0. The van der Waals surface area contributed by atoms with Gasteiger partial charge in [-0.25, -0.2) is 0 Å². The lowest BCUT2D eigenvalue weighted by molar-refractivity contribution is -0.122. The number of nitrogens with zero attached hydrogens (tertiary/aromatic N) is 2. The second-order valence-corrected chi connectivity index (χ2v) is 5.71. The van der Waals surface area contributed by atoms with Crippen LogP contribution in [0.4, 0.5) is 0 Å². The molecule has 0 radical (unpaired) electrons. The van der Waals surface area contributed by atoms with Crippen molar-refractivity contribution in [1.29, 1.82) is 0 Å². The van der Waals surface area contributed by atoms with Crippen LogP contribution in [0, 0.1) is 0 Å². The summed E-state index contributed by atoms with van der Waals surface area (Å²) in [5.41, 5.74) is 0.795. The van der Waals surface area contributed by atoms with Crippen molar-refractivity contribution in [3.8, 4) is 0 Å². The van der Waals surface area contributed by atoms with Gasteiger partial charge in [0.1, 0.15) is 4.32 Å². The number of rotatable bonds is 2. The Kier molecular flexibility index (Phi) is 2.72. The maximum absolute atomic E-state index is 12.1. The van der Waals surface area contributed by atoms with Crippen molar-refractivity contribution in [2.24, 2.45) is 0 Å². The van der Waals surface area contributed by atoms with E-state index in [0.29, 0.717) is 15.3 Å². The van der Waals surface area contributed by atoms with E-state index >= 15 is 0 Å². The van der Waals surface area contributed by atoms with E-state index in [1.165, 1.54) is 11.8 Å². The van der Waals surface area contributed by atoms with Crippen molar-refractivity contribution < 1.29 is 4.79 Å². The number of hydrogen-bond acceptors (Lipinski definition) is 4. The molecule has 3 rings (SSSR count). The van der Waals surface area contributed by atoms with Crippen LogP contribution in [-0.2, 0) is 4.79 Å². The van der Waals surface area contributed by atoms with E-state index in [2.05, 4.69) is 4.98 Å². The van der Waals surface area contributed by atoms with Crippen LogP contribution < -0.4 is 0 Å². The van der Waals surface area contributed by atoms with E-state index in [1.54, 1.807) is 11.1 Å². The fraction of sp³-hybridized carbons (Fsp3) is 0.250. The molecule has 0 N–H and O–H groups in total. The molecule has 0 atom stereocenters. The lowest BCUT2D eigenvalue weighted by atomic mass is 10.3. The molecular weight excluding hydrogens is 252 g/mol. The van der Waals surface area contributed by atoms with Gasteiger partial charge in [-0.3, -0.25) is 14.7 Å². The topological polar surface area (TPSA) is 33.2 Å². The maximum atomic E-state index is 12.1. The van der Waals surface area contributed by atoms with Crippen LogP contribution in [0.25, 0.3) is 6.08 Å². The Bertz CT molecular complexity index is 508. The van der Waals surface area contributed by atoms with Gasteiger partial charge >= 0.3 is 0 Å². The van der Waals surface area contributed by atoms with Gasteiger partial charge in [0.2, 0.25) is 0 Å². The van der Waals surface area contributed by atoms with Crippen molar-refractivity contribution >= 4 is 40.3 Å². The lowest BCUT2D eigenvalue weighted by Gasteiger charge is -2.11. The van der Waals surface area contributed by atoms with Crippen molar-refractivity contribution in [1.82, 2.24) is 9.88 Å². The summed E-state index contributed by atoms with van der Waals surface area (Å²) in [6.07, 6.45) is 5.67. The first-order valence-corrected chi connectivity index (χ1v) is 6.66. The predicted molar refractivity (Wildman–Crippen MR) is 72.3 cm³/mol. The zero-order chi connectivity index (χ0) is 11.8. The molecule has 1 aromatic heterocycles. The van der Waals surface area contributed by atoms with Crippen LogP contribution in [0.3, 0.4) is 0 Å². The predicted octanol–water partition coefficient (Wildman–Crippen LogP) is 2.45. The van der Waals surface area contributed by atoms with Crippen molar-refractivity contribution in [3.63, 3.8) is 0 Å². The van der Waals surface area contributed by atoms with Gasteiger partial charge in [-0.05, 0) is 31.1 Å². The van der Waals surface area contributed by atoms with E-state index in [0.717, 1.165) is 18.5 Å². The molecule has 1 aliphatic heterocycles. The Balaban J connectivity index is 1.88. The number of hydrogen-bond donors (Lipinski definition) is 0. The third kappa shape index (κ3) is 2.12. The standard InChI is InChI=1S/C12H10N2OS2/c15-11-10(7-8-3-1-2-6-13-8)17-12(16)14(11)9-4-5-9/h1-3,6-7,9H,4-5H2/b10-7+. The lowest BCUT2D eigenvalue weighted by Crippen LogP contribution is -2.30. The molecule has 0 unspecified atom stereocenters. The zero-order valence-electron chi connectivity index (χ0n) is 9.00. The van der Waals surface area contributed by atoms with E-state index in [-0.39, 0.29) is 5.91 Å². The number of thioether (sulfide) groups is 1. The Labute approximate surface area is 109 Å². The largest absolute Gasteiger partial charge is 0.290 e. The Morgan fingerprint density at radius 1 is 1.47 bits per heavy atom. The average molecular weight is 262 g/mol. The minimum absolute atomic E-state index is 0.0353. The molecule has 0 spiro atoms. The van der Waals surface area contributed by atoms with E-state index in [1.807, 2.05) is 24.3 Å². The van der Waals surface area contributed by atoms with Gasteiger partial charge in [0.25, 0.3) is 5.91 Å². The fourth-order valence-electron chi connectivity index (χ4n) is 1.72. The molecule has 3 nitrogen and oxygen atoms in total. The molecule has 1 amide bonds. The smallest absolute Gasteiger partial charge is 0.266 e. The van der Waals surface area contributed by atoms with Gasteiger partial charge in [-0.2, -0.15) is 0 Å². The monoisotopic (exact) mass is 262 g/mol. The van der Waals surface area contributed by atoms with Crippen molar-refractivity contribution in [2.75, 3.05) is 0 Å². The third-order valence-electron chi connectivity index (χ3n) is 2.70. The van der Waals surface area contributed by atoms with E-state index in [9.17, 15) is 4.79 Å². The van der Waals surface area contributed by atoms with E-state index < -0.39 is 0 Å². The first-order chi connectivity index (χ1) is 8.25. The summed E-state index contributed by atoms with van der Waals surface area (Å²) >= 11 is 6.61. The minimum atomic E-state index is 0.0353. The molecular formula is C12H10N2OS2. The Morgan fingerprint density at radius 2 is 2.29 bits per heavy atom. The van der Waals surface area contributed by atoms with Crippen LogP contribution in [0.1, 0.15) is 18.5 Å². The molecule has 17 heavy (non-hydrogen) atoms. The van der Waals surface area contributed by atoms with Crippen molar-refractivity contribution in [2.45, 2.75) is 18.9 Å². The summed E-state index contributed by atoms with van der Waals surface area (Å²) in [5.74, 6) is 0.0353. The molecule has 2 aliphatic rings. The van der Waals surface area contributed by atoms with Gasteiger partial charge in [0.15, 0.2) is 0 Å². The quantitative estimate of drug-likeness (QED) is 0.605. The number of amides is 1. The van der Waals surface area contributed by atoms with E-state index in [4.69, 9.17) is 12.2 Å². The molecule has 86 valence electrons. The number of carbonyl (C=O) groups excluding carboxylic acids is 1. The number of thiocarbonyl (C=S) groups is 1. The Hall–Kier alpha value is -1.20. The SMILES string of the molecule is O=C1/C(=C\c2ccccn2)SC(=S)N1C1CC1. The minimum Gasteiger partial charge on any atom is -0.290 e. The van der Waals surface area contributed by atoms with Crippen LogP contribution in [0.5, 0.6) is 0 Å². The van der Waals surface area contributed by atoms with Crippen LogP contribution in [0.2, 0.25) is 0 Å². The highest BCUT2D eigenvalue weighted by Gasteiger charge is 2.41. The number of aromatic nitrogens is 1. The summed E-state index contributed by atoms with van der Waals surface area (Å²) < 4.78 is 0.680. The number of pyridine rings is 1. The van der Waals surface area contributed by atoms with Gasteiger partial charge in [0.05, 0.1) is 10.6 Å². The summed E-state index contributed by atoms with van der Waals surface area (Å²) in [6.45, 7) is 0. The van der Waals surface area contributed by atoms with Gasteiger partial charge < -0.3 is 0 Å². The second kappa shape index (κ2) is 4.23. The van der Waals surface area contributed by atoms with Gasteiger partial charge in [0, 0.05) is 12.2 Å². The van der Waals surface area contributed by atoms with Crippen LogP contribution in [0.15, 0.2) is 29.3 Å². The molecule has 1 saturated carbocycles. The summed E-state index contributed by atoms with van der Waals surface area (Å²) in [4.78, 5) is 18.7.